The Labute approximate surface area is 284 Å². The molecule has 0 aliphatic rings. The second-order valence-corrected chi connectivity index (χ2v) is 12.3. The van der Waals surface area contributed by atoms with Crippen molar-refractivity contribution in [2.45, 2.75) is 0 Å². The molecule has 0 atom stereocenters. The number of para-hydroxylation sites is 1. The van der Waals surface area contributed by atoms with Crippen molar-refractivity contribution in [2.24, 2.45) is 0 Å². The molecule has 3 nitrogen and oxygen atoms in total. The fourth-order valence-corrected chi connectivity index (χ4v) is 7.58. The molecule has 9 aromatic rings. The van der Waals surface area contributed by atoms with E-state index < -0.39 is 0 Å². The van der Waals surface area contributed by atoms with Crippen LogP contribution in [-0.4, -0.2) is 4.57 Å². The Morgan fingerprint density at radius 2 is 1.06 bits per heavy atom. The summed E-state index contributed by atoms with van der Waals surface area (Å²) < 4.78 is 2.27. The van der Waals surface area contributed by atoms with Crippen LogP contribution in [0, 0.1) is 17.9 Å². The van der Waals surface area contributed by atoms with Crippen LogP contribution in [0.15, 0.2) is 164 Å². The predicted molar refractivity (Wildman–Crippen MR) is 203 cm³/mol. The smallest absolute Gasteiger partial charge is 0.195 e. The van der Waals surface area contributed by atoms with Crippen LogP contribution in [0.3, 0.4) is 0 Å². The van der Waals surface area contributed by atoms with Gasteiger partial charge in [-0.2, -0.15) is 5.26 Å². The van der Waals surface area contributed by atoms with Gasteiger partial charge >= 0.3 is 0 Å². The van der Waals surface area contributed by atoms with Crippen LogP contribution >= 0.6 is 0 Å². The van der Waals surface area contributed by atoms with Gasteiger partial charge in [0.15, 0.2) is 5.69 Å². The van der Waals surface area contributed by atoms with Crippen molar-refractivity contribution in [2.75, 3.05) is 0 Å². The molecule has 0 radical (unpaired) electrons. The highest BCUT2D eigenvalue weighted by atomic mass is 15.0. The zero-order chi connectivity index (χ0) is 32.9. The topological polar surface area (TPSA) is 33.1 Å². The van der Waals surface area contributed by atoms with E-state index in [0.29, 0.717) is 11.3 Å². The second-order valence-electron chi connectivity index (χ2n) is 12.3. The number of hydrogen-bond acceptors (Lipinski definition) is 1. The summed E-state index contributed by atoms with van der Waals surface area (Å²) in [5, 5.41) is 16.3. The standard InChI is InChI=1S/C46H27N3/c1-48-41-23-12-22-34(32-15-11-16-33(28-32)49-42-24-10-9-17-35(42)40-27-30(29-47)25-26-43(40)49)46(41)45-38-20-7-5-18-36(38)44(31-13-3-2-4-14-31)37-19-6-8-21-39(37)45/h2-28H. The van der Waals surface area contributed by atoms with Gasteiger partial charge in [0.2, 0.25) is 0 Å². The monoisotopic (exact) mass is 621 g/mol. The molecule has 0 bridgehead atoms. The van der Waals surface area contributed by atoms with Crippen molar-refractivity contribution < 1.29 is 0 Å². The number of nitrogens with zero attached hydrogens (tertiary/aromatic N) is 3. The van der Waals surface area contributed by atoms with Gasteiger partial charge in [0.1, 0.15) is 0 Å². The van der Waals surface area contributed by atoms with E-state index >= 15 is 0 Å². The highest BCUT2D eigenvalue weighted by molar-refractivity contribution is 6.23. The van der Waals surface area contributed by atoms with E-state index in [0.717, 1.165) is 71.3 Å². The Morgan fingerprint density at radius 1 is 0.469 bits per heavy atom. The third-order valence-electron chi connectivity index (χ3n) is 9.62. The molecular weight excluding hydrogens is 595 g/mol. The quantitative estimate of drug-likeness (QED) is 0.142. The van der Waals surface area contributed by atoms with Crippen molar-refractivity contribution >= 4 is 49.0 Å². The molecule has 0 unspecified atom stereocenters. The van der Waals surface area contributed by atoms with Crippen molar-refractivity contribution in [3.8, 4) is 45.1 Å². The van der Waals surface area contributed by atoms with E-state index in [1.165, 1.54) is 11.1 Å². The molecule has 226 valence electrons. The summed E-state index contributed by atoms with van der Waals surface area (Å²) in [6, 6.07) is 59.0. The first-order valence-corrected chi connectivity index (χ1v) is 16.3. The lowest BCUT2D eigenvalue weighted by molar-refractivity contribution is 1.18. The van der Waals surface area contributed by atoms with Gasteiger partial charge in [-0.05, 0) is 91.3 Å². The zero-order valence-corrected chi connectivity index (χ0v) is 26.4. The minimum absolute atomic E-state index is 0.617. The summed E-state index contributed by atoms with van der Waals surface area (Å²) in [7, 11) is 0. The van der Waals surface area contributed by atoms with Gasteiger partial charge in [0, 0.05) is 16.5 Å². The molecule has 49 heavy (non-hydrogen) atoms. The first-order valence-electron chi connectivity index (χ1n) is 16.3. The molecular formula is C46H27N3. The maximum Gasteiger partial charge on any atom is 0.195 e. The summed E-state index contributed by atoms with van der Waals surface area (Å²) in [6.07, 6.45) is 0. The summed E-state index contributed by atoms with van der Waals surface area (Å²) in [5.74, 6) is 0. The maximum absolute atomic E-state index is 9.65. The average molecular weight is 622 g/mol. The molecule has 0 saturated carbocycles. The lowest BCUT2D eigenvalue weighted by Crippen LogP contribution is -1.96. The third-order valence-corrected chi connectivity index (χ3v) is 9.62. The molecule has 0 N–H and O–H groups in total. The van der Waals surface area contributed by atoms with E-state index in [1.807, 2.05) is 36.4 Å². The van der Waals surface area contributed by atoms with Crippen LogP contribution in [-0.2, 0) is 0 Å². The SMILES string of the molecule is [C-]#[N+]c1cccc(-c2cccc(-n3c4ccccc4c4cc(C#N)ccc43)c2)c1-c1c2ccccc2c(-c2ccccc2)c2ccccc12. The Balaban J connectivity index is 1.34. The number of aromatic nitrogens is 1. The molecule has 0 amide bonds. The molecule has 0 aliphatic carbocycles. The Bertz CT molecular complexity index is 2790. The Kier molecular flexibility index (Phi) is 6.58. The molecule has 1 heterocycles. The van der Waals surface area contributed by atoms with Crippen LogP contribution in [0.4, 0.5) is 5.69 Å². The van der Waals surface area contributed by atoms with Crippen LogP contribution in [0.2, 0.25) is 0 Å². The van der Waals surface area contributed by atoms with Gasteiger partial charge in [-0.3, -0.25) is 0 Å². The molecule has 0 aliphatic heterocycles. The number of benzene rings is 8. The summed E-state index contributed by atoms with van der Waals surface area (Å²) in [4.78, 5) is 4.12. The van der Waals surface area contributed by atoms with Crippen LogP contribution in [0.25, 0.3) is 87.3 Å². The molecule has 9 rings (SSSR count). The van der Waals surface area contributed by atoms with E-state index in [9.17, 15) is 5.26 Å². The van der Waals surface area contributed by atoms with Crippen molar-refractivity contribution in [1.29, 1.82) is 5.26 Å². The van der Waals surface area contributed by atoms with Gasteiger partial charge in [-0.1, -0.05) is 127 Å². The molecule has 0 saturated heterocycles. The Hall–Kier alpha value is -6.94. The zero-order valence-electron chi connectivity index (χ0n) is 26.4. The van der Waals surface area contributed by atoms with E-state index in [2.05, 4.69) is 143 Å². The predicted octanol–water partition coefficient (Wildman–Crippen LogP) is 12.5. The highest BCUT2D eigenvalue weighted by Crippen LogP contribution is 2.49. The molecule has 1 aromatic heterocycles. The minimum Gasteiger partial charge on any atom is -0.309 e. The largest absolute Gasteiger partial charge is 0.309 e. The Morgan fingerprint density at radius 3 is 1.76 bits per heavy atom. The molecule has 0 spiro atoms. The highest BCUT2D eigenvalue weighted by Gasteiger charge is 2.22. The second kappa shape index (κ2) is 11.4. The fourth-order valence-electron chi connectivity index (χ4n) is 7.58. The molecule has 3 heteroatoms. The van der Waals surface area contributed by atoms with Gasteiger partial charge < -0.3 is 4.57 Å². The third kappa shape index (κ3) is 4.42. The van der Waals surface area contributed by atoms with Gasteiger partial charge in [0.25, 0.3) is 0 Å². The van der Waals surface area contributed by atoms with E-state index in [1.54, 1.807) is 0 Å². The van der Waals surface area contributed by atoms with Gasteiger partial charge in [0.05, 0.1) is 29.2 Å². The number of nitriles is 1. The summed E-state index contributed by atoms with van der Waals surface area (Å²) in [6.45, 7) is 8.35. The fraction of sp³-hybridized carbons (Fsp3) is 0. The average Bonchev–Trinajstić information content (AvgIpc) is 3.50. The number of fused-ring (bicyclic) bond motifs is 5. The lowest BCUT2D eigenvalue weighted by atomic mass is 9.83. The molecule has 0 fully saturated rings. The van der Waals surface area contributed by atoms with Crippen LogP contribution in [0.5, 0.6) is 0 Å². The minimum atomic E-state index is 0.617. The summed E-state index contributed by atoms with van der Waals surface area (Å²) in [5.41, 5.74) is 10.8. The lowest BCUT2D eigenvalue weighted by Gasteiger charge is -2.21. The number of rotatable bonds is 4. The summed E-state index contributed by atoms with van der Waals surface area (Å²) >= 11 is 0. The maximum atomic E-state index is 9.65. The molecule has 8 aromatic carbocycles. The number of hydrogen-bond donors (Lipinski definition) is 0. The first kappa shape index (κ1) is 28.3. The van der Waals surface area contributed by atoms with Crippen molar-refractivity contribution in [3.63, 3.8) is 0 Å². The van der Waals surface area contributed by atoms with Crippen LogP contribution in [0.1, 0.15) is 5.56 Å². The first-order chi connectivity index (χ1) is 24.2. The van der Waals surface area contributed by atoms with Gasteiger partial charge in [-0.15, -0.1) is 0 Å². The van der Waals surface area contributed by atoms with E-state index in [4.69, 9.17) is 6.57 Å². The van der Waals surface area contributed by atoms with E-state index in [-0.39, 0.29) is 0 Å². The van der Waals surface area contributed by atoms with Crippen LogP contribution < -0.4 is 0 Å². The van der Waals surface area contributed by atoms with Crippen molar-refractivity contribution in [1.82, 2.24) is 4.57 Å². The van der Waals surface area contributed by atoms with Gasteiger partial charge in [-0.25, -0.2) is 4.85 Å². The van der Waals surface area contributed by atoms with Crippen molar-refractivity contribution in [3.05, 3.63) is 181 Å². The normalized spacial score (nSPS) is 11.2.